The van der Waals surface area contributed by atoms with Gasteiger partial charge in [-0.2, -0.15) is 0 Å². The number of rotatable bonds is 5. The highest BCUT2D eigenvalue weighted by molar-refractivity contribution is 5.72. The van der Waals surface area contributed by atoms with Crippen LogP contribution in [0.25, 0.3) is 0 Å². The van der Waals surface area contributed by atoms with E-state index in [9.17, 15) is 14.4 Å². The van der Waals surface area contributed by atoms with Gasteiger partial charge in [0.2, 0.25) is 6.29 Å². The fourth-order valence-corrected chi connectivity index (χ4v) is 0.338. The van der Waals surface area contributed by atoms with Gasteiger partial charge in [-0.3, -0.25) is 14.4 Å². The molecule has 1 unspecified atom stereocenters. The van der Waals surface area contributed by atoms with Crippen molar-refractivity contribution in [2.24, 2.45) is 11.5 Å². The molecule has 7 heteroatoms. The second kappa shape index (κ2) is 9.10. The largest absolute Gasteiger partial charge is 0.481 e. The number of carboxylic acid groups (broad SMARTS) is 2. The highest BCUT2D eigenvalue weighted by Gasteiger charge is 2.03. The molecule has 0 saturated carbocycles. The summed E-state index contributed by atoms with van der Waals surface area (Å²) in [7, 11) is 0. The van der Waals surface area contributed by atoms with Crippen molar-refractivity contribution in [1.29, 1.82) is 0 Å². The Labute approximate surface area is 87.1 Å². The molecule has 0 rings (SSSR count). The van der Waals surface area contributed by atoms with E-state index in [1.807, 2.05) is 0 Å². The van der Waals surface area contributed by atoms with Crippen LogP contribution in [0.15, 0.2) is 0 Å². The summed E-state index contributed by atoms with van der Waals surface area (Å²) in [5.41, 5.74) is 9.87. The Balaban J connectivity index is 0. The molecule has 0 aromatic heterocycles. The summed E-state index contributed by atoms with van der Waals surface area (Å²) in [5, 5.41) is 15.9. The molecule has 87 valence electrons. The van der Waals surface area contributed by atoms with Gasteiger partial charge >= 0.3 is 11.9 Å². The lowest BCUT2D eigenvalue weighted by Crippen LogP contribution is -2.25. The van der Waals surface area contributed by atoms with Crippen LogP contribution < -0.4 is 11.5 Å². The Morgan fingerprint density at radius 3 is 1.93 bits per heavy atom. The number of carboxylic acids is 2. The number of carbonyl (C=O) groups excluding carboxylic acids is 1. The zero-order valence-corrected chi connectivity index (χ0v) is 8.34. The number of carbonyl (C=O) groups is 2. The molecule has 0 fully saturated rings. The molecule has 0 spiro atoms. The second-order valence-corrected chi connectivity index (χ2v) is 2.78. The Hall–Kier alpha value is -1.47. The molecule has 2 atom stereocenters. The van der Waals surface area contributed by atoms with Gasteiger partial charge in [0.05, 0.1) is 6.04 Å². The number of nitrogens with two attached hydrogens (primary N) is 2. The predicted molar refractivity (Wildman–Crippen MR) is 51.8 cm³/mol. The van der Waals surface area contributed by atoms with Crippen LogP contribution >= 0.6 is 0 Å². The van der Waals surface area contributed by atoms with Crippen LogP contribution in [0.5, 0.6) is 0 Å². The lowest BCUT2D eigenvalue weighted by Gasteiger charge is -1.96. The first-order valence-electron chi connectivity index (χ1n) is 4.14. The molecule has 0 saturated heterocycles. The van der Waals surface area contributed by atoms with Gasteiger partial charge in [0.1, 0.15) is 6.04 Å². The molecule has 0 heterocycles. The molecule has 0 aliphatic carbocycles. The molecule has 0 aromatic rings. The van der Waals surface area contributed by atoms with Gasteiger partial charge in [-0.15, -0.1) is 0 Å². The Morgan fingerprint density at radius 1 is 1.33 bits per heavy atom. The van der Waals surface area contributed by atoms with E-state index in [-0.39, 0.29) is 12.8 Å². The van der Waals surface area contributed by atoms with Gasteiger partial charge in [-0.1, -0.05) is 0 Å². The molecule has 0 aliphatic heterocycles. The minimum atomic E-state index is -0.963. The van der Waals surface area contributed by atoms with Gasteiger partial charge in [-0.25, -0.2) is 0 Å². The van der Waals surface area contributed by atoms with Crippen LogP contribution in [0.2, 0.25) is 0 Å². The molecule has 6 N–H and O–H groups in total. The van der Waals surface area contributed by atoms with Crippen molar-refractivity contribution in [1.82, 2.24) is 0 Å². The van der Waals surface area contributed by atoms with Crippen LogP contribution in [-0.4, -0.2) is 40.5 Å². The maximum absolute atomic E-state index is 9.83. The third-order valence-electron chi connectivity index (χ3n) is 1.21. The molecule has 15 heavy (non-hydrogen) atoms. The molecule has 7 nitrogen and oxygen atoms in total. The molecular weight excluding hydrogens is 204 g/mol. The summed E-state index contributed by atoms with van der Waals surface area (Å²) in [6, 6.07) is -1.48. The topological polar surface area (TPSA) is 144 Å². The monoisotopic (exact) mass is 219 g/mol. The van der Waals surface area contributed by atoms with Crippen molar-refractivity contribution in [2.75, 3.05) is 0 Å². The fraction of sp³-hybridized carbons (Fsp3) is 0.625. The van der Waals surface area contributed by atoms with Crippen molar-refractivity contribution < 1.29 is 24.6 Å². The van der Waals surface area contributed by atoms with Gasteiger partial charge in [0, 0.05) is 6.42 Å². The zero-order valence-electron chi connectivity index (χ0n) is 8.34. The van der Waals surface area contributed by atoms with Crippen molar-refractivity contribution in [3.8, 4) is 0 Å². The van der Waals surface area contributed by atoms with Crippen molar-refractivity contribution in [3.05, 3.63) is 0 Å². The molecule has 0 aromatic carbocycles. The van der Waals surface area contributed by atoms with Crippen molar-refractivity contribution in [3.63, 3.8) is 0 Å². The predicted octanol–water partition coefficient (Wildman–Crippen LogP) is -1.29. The van der Waals surface area contributed by atoms with Crippen LogP contribution in [0.3, 0.4) is 0 Å². The highest BCUT2D eigenvalue weighted by atomic mass is 16.4. The zero-order chi connectivity index (χ0) is 12.4. The third-order valence-corrected chi connectivity index (χ3v) is 1.21. The van der Waals surface area contributed by atoms with Crippen LogP contribution in [0.1, 0.15) is 19.8 Å². The van der Waals surface area contributed by atoms with Crippen LogP contribution in [-0.2, 0) is 14.4 Å². The summed E-state index contributed by atoms with van der Waals surface area (Å²) in [5.74, 6) is -1.91. The quantitative estimate of drug-likeness (QED) is 0.450. The Morgan fingerprint density at radius 2 is 1.73 bits per heavy atom. The fourth-order valence-electron chi connectivity index (χ4n) is 0.338. The summed E-state index contributed by atoms with van der Waals surface area (Å²) in [6.07, 6.45) is 1.58. The Kier molecular flexibility index (Phi) is 9.69. The molecule has 0 bridgehead atoms. The first-order valence-corrected chi connectivity index (χ1v) is 4.14. The maximum atomic E-state index is 9.83. The summed E-state index contributed by atoms with van der Waals surface area (Å²) < 4.78 is 0. The lowest BCUT2D eigenvalue weighted by atomic mass is 10.2. The van der Waals surface area contributed by atoms with E-state index < -0.39 is 24.0 Å². The van der Waals surface area contributed by atoms with Crippen molar-refractivity contribution >= 4 is 18.2 Å². The SMILES string of the molecule is C[C@H](N)C(=O)O.NC([C]=O)CCC(=O)O. The lowest BCUT2D eigenvalue weighted by molar-refractivity contribution is -0.138. The summed E-state index contributed by atoms with van der Waals surface area (Å²) >= 11 is 0. The minimum Gasteiger partial charge on any atom is -0.481 e. The molecule has 1 radical (unpaired) electrons. The van der Waals surface area contributed by atoms with Crippen molar-refractivity contribution in [2.45, 2.75) is 31.8 Å². The minimum absolute atomic E-state index is 0.0730. The molecular formula is C8H15N2O5. The van der Waals surface area contributed by atoms with Gasteiger partial charge in [0.15, 0.2) is 0 Å². The van der Waals surface area contributed by atoms with E-state index in [1.54, 1.807) is 0 Å². The number of aliphatic carboxylic acids is 2. The smallest absolute Gasteiger partial charge is 0.320 e. The normalized spacial score (nSPS) is 13.0. The first kappa shape index (κ1) is 16.0. The van der Waals surface area contributed by atoms with E-state index in [1.165, 1.54) is 13.2 Å². The Bertz CT molecular complexity index is 217. The van der Waals surface area contributed by atoms with Gasteiger partial charge in [0.25, 0.3) is 0 Å². The molecule has 0 amide bonds. The van der Waals surface area contributed by atoms with E-state index >= 15 is 0 Å². The number of hydrogen-bond acceptors (Lipinski definition) is 5. The van der Waals surface area contributed by atoms with E-state index in [4.69, 9.17) is 21.7 Å². The average molecular weight is 219 g/mol. The average Bonchev–Trinajstić information content (AvgIpc) is 2.14. The van der Waals surface area contributed by atoms with E-state index in [0.717, 1.165) is 0 Å². The van der Waals surface area contributed by atoms with E-state index in [2.05, 4.69) is 0 Å². The second-order valence-electron chi connectivity index (χ2n) is 2.78. The van der Waals surface area contributed by atoms with Gasteiger partial charge < -0.3 is 21.7 Å². The summed E-state index contributed by atoms with van der Waals surface area (Å²) in [6.45, 7) is 1.42. The number of hydrogen-bond donors (Lipinski definition) is 4. The standard InChI is InChI=1S/C5H8NO3.C3H7NO2/c6-4(3-7)1-2-5(8)9;1-2(4)3(5)6/h4H,1-2,6H2,(H,8,9);2H,4H2,1H3,(H,5,6)/t;2-/m.0/s1. The molecule has 0 aliphatic rings. The van der Waals surface area contributed by atoms with Crippen LogP contribution in [0, 0.1) is 0 Å². The van der Waals surface area contributed by atoms with Crippen LogP contribution in [0.4, 0.5) is 0 Å². The third kappa shape index (κ3) is 15.3. The first-order chi connectivity index (χ1) is 6.81. The maximum Gasteiger partial charge on any atom is 0.320 e. The summed E-state index contributed by atoms with van der Waals surface area (Å²) in [4.78, 5) is 29.1. The van der Waals surface area contributed by atoms with Gasteiger partial charge in [-0.05, 0) is 13.3 Å². The highest BCUT2D eigenvalue weighted by Crippen LogP contribution is 1.90. The van der Waals surface area contributed by atoms with E-state index in [0.29, 0.717) is 0 Å².